The summed E-state index contributed by atoms with van der Waals surface area (Å²) >= 11 is 0. The lowest BCUT2D eigenvalue weighted by Gasteiger charge is -2.27. The van der Waals surface area contributed by atoms with Crippen LogP contribution in [-0.4, -0.2) is 55.1 Å². The molecule has 1 unspecified atom stereocenters. The molecule has 7 nitrogen and oxygen atoms in total. The summed E-state index contributed by atoms with van der Waals surface area (Å²) in [5, 5.41) is 9.46. The van der Waals surface area contributed by atoms with E-state index in [9.17, 15) is 18.3 Å². The number of nitrogens with one attached hydrogen (secondary N) is 1. The van der Waals surface area contributed by atoms with Crippen molar-refractivity contribution in [2.24, 2.45) is 0 Å². The molecule has 1 saturated heterocycles. The average Bonchev–Trinajstić information content (AvgIpc) is 2.93. The van der Waals surface area contributed by atoms with Gasteiger partial charge in [-0.25, -0.2) is 8.42 Å². The summed E-state index contributed by atoms with van der Waals surface area (Å²) in [4.78, 5) is 15.3. The molecule has 2 N–H and O–H groups in total. The molecule has 168 valence electrons. The van der Waals surface area contributed by atoms with Gasteiger partial charge >= 0.3 is 5.97 Å². The van der Waals surface area contributed by atoms with E-state index in [2.05, 4.69) is 4.98 Å². The third kappa shape index (κ3) is 4.56. The molecule has 2 heterocycles. The van der Waals surface area contributed by atoms with E-state index in [-0.39, 0.29) is 12.3 Å². The number of aryl methyl sites for hydroxylation is 2. The minimum atomic E-state index is -3.62. The molecule has 1 atom stereocenters. The van der Waals surface area contributed by atoms with Crippen LogP contribution in [0.25, 0.3) is 0 Å². The van der Waals surface area contributed by atoms with Gasteiger partial charge in [0.2, 0.25) is 10.0 Å². The first kappa shape index (κ1) is 22.0. The summed E-state index contributed by atoms with van der Waals surface area (Å²) < 4.78 is 33.5. The Kier molecular flexibility index (Phi) is 6.50. The highest BCUT2D eigenvalue weighted by Crippen LogP contribution is 2.38. The molecular weight excluding hydrogens is 416 g/mol. The Balaban J connectivity index is 1.73. The fourth-order valence-corrected chi connectivity index (χ4v) is 6.57. The van der Waals surface area contributed by atoms with E-state index >= 15 is 0 Å². The van der Waals surface area contributed by atoms with Crippen molar-refractivity contribution in [3.63, 3.8) is 0 Å². The van der Waals surface area contributed by atoms with Gasteiger partial charge in [-0.05, 0) is 54.9 Å². The van der Waals surface area contributed by atoms with E-state index in [1.165, 1.54) is 4.31 Å². The number of fused-ring (bicyclic) bond motifs is 1. The van der Waals surface area contributed by atoms with Gasteiger partial charge in [-0.2, -0.15) is 4.31 Å². The van der Waals surface area contributed by atoms with Crippen LogP contribution in [0, 0.1) is 6.92 Å². The minimum Gasteiger partial charge on any atom is -0.481 e. The van der Waals surface area contributed by atoms with Crippen molar-refractivity contribution in [1.29, 1.82) is 0 Å². The summed E-state index contributed by atoms with van der Waals surface area (Å²) in [5.41, 5.74) is 5.01. The number of rotatable bonds is 6. The van der Waals surface area contributed by atoms with Gasteiger partial charge in [0.1, 0.15) is 0 Å². The second-order valence-corrected chi connectivity index (χ2v) is 10.4. The zero-order valence-electron chi connectivity index (χ0n) is 17.9. The van der Waals surface area contributed by atoms with Gasteiger partial charge in [0.25, 0.3) is 0 Å². The first-order chi connectivity index (χ1) is 14.9. The summed E-state index contributed by atoms with van der Waals surface area (Å²) in [6.07, 6.45) is 4.35. The lowest BCUT2D eigenvalue weighted by atomic mass is 9.87. The van der Waals surface area contributed by atoms with Crippen LogP contribution >= 0.6 is 0 Å². The van der Waals surface area contributed by atoms with E-state index in [0.29, 0.717) is 37.6 Å². The van der Waals surface area contributed by atoms with Gasteiger partial charge < -0.3 is 14.8 Å². The van der Waals surface area contributed by atoms with Crippen LogP contribution in [0.2, 0.25) is 0 Å². The topological polar surface area (TPSA) is 99.7 Å². The number of aromatic nitrogens is 1. The highest BCUT2D eigenvalue weighted by atomic mass is 32.2. The monoisotopic (exact) mass is 446 g/mol. The standard InChI is InChI=1S/C23H30N2O5S/c1-16-19(23-18(15-22(26)27)7-2-4-8-20(23)24-16)14-17-6-3-5-9-21(17)31(28,29)25-10-12-30-13-11-25/h3,5-6,9,18,24H,2,4,7-8,10-15H2,1H3,(H,26,27). The lowest BCUT2D eigenvalue weighted by molar-refractivity contribution is -0.137. The first-order valence-electron chi connectivity index (χ1n) is 11.0. The molecule has 0 spiro atoms. The number of carbonyl (C=O) groups is 1. The smallest absolute Gasteiger partial charge is 0.303 e. The Bertz CT molecular complexity index is 1050. The van der Waals surface area contributed by atoms with E-state index in [1.54, 1.807) is 12.1 Å². The fraction of sp³-hybridized carbons (Fsp3) is 0.522. The Morgan fingerprint density at radius 2 is 1.97 bits per heavy atom. The van der Waals surface area contributed by atoms with Gasteiger partial charge in [0, 0.05) is 30.9 Å². The van der Waals surface area contributed by atoms with Crippen molar-refractivity contribution in [3.8, 4) is 0 Å². The number of ether oxygens (including phenoxy) is 1. The van der Waals surface area contributed by atoms with Gasteiger partial charge in [-0.3, -0.25) is 4.79 Å². The molecule has 1 aromatic carbocycles. The largest absolute Gasteiger partial charge is 0.481 e. The zero-order chi connectivity index (χ0) is 22.0. The number of sulfonamides is 1. The fourth-order valence-electron chi connectivity index (χ4n) is 4.94. The molecule has 1 aliphatic heterocycles. The maximum Gasteiger partial charge on any atom is 0.303 e. The first-order valence-corrected chi connectivity index (χ1v) is 12.4. The normalized spacial score (nSPS) is 20.2. The number of carboxylic acid groups (broad SMARTS) is 1. The van der Waals surface area contributed by atoms with Gasteiger partial charge in [0.05, 0.1) is 24.5 Å². The van der Waals surface area contributed by atoms with Crippen molar-refractivity contribution < 1.29 is 23.1 Å². The Morgan fingerprint density at radius 3 is 2.71 bits per heavy atom. The van der Waals surface area contributed by atoms with Gasteiger partial charge in [-0.1, -0.05) is 24.6 Å². The molecule has 2 aliphatic rings. The molecule has 2 aromatic rings. The number of hydrogen-bond acceptors (Lipinski definition) is 4. The minimum absolute atomic E-state index is 0.0436. The second kappa shape index (κ2) is 9.14. The Labute approximate surface area is 183 Å². The lowest BCUT2D eigenvalue weighted by Crippen LogP contribution is -2.40. The van der Waals surface area contributed by atoms with Crippen LogP contribution in [-0.2, 0) is 32.4 Å². The molecule has 0 radical (unpaired) electrons. The van der Waals surface area contributed by atoms with Crippen molar-refractivity contribution in [2.45, 2.75) is 56.3 Å². The number of morpholine rings is 1. The van der Waals surface area contributed by atoms with Crippen LogP contribution in [0.15, 0.2) is 29.2 Å². The van der Waals surface area contributed by atoms with Gasteiger partial charge in [-0.15, -0.1) is 0 Å². The summed E-state index contributed by atoms with van der Waals surface area (Å²) in [5.74, 6) is -0.837. The second-order valence-electron chi connectivity index (χ2n) is 8.46. The van der Waals surface area contributed by atoms with Crippen LogP contribution in [0.1, 0.15) is 59.7 Å². The molecule has 1 aromatic heterocycles. The van der Waals surface area contributed by atoms with E-state index < -0.39 is 16.0 Å². The predicted molar refractivity (Wildman–Crippen MR) is 117 cm³/mol. The Hall–Kier alpha value is -2.16. The quantitative estimate of drug-likeness (QED) is 0.664. The average molecular weight is 447 g/mol. The number of carboxylic acids is 1. The molecule has 0 saturated carbocycles. The highest BCUT2D eigenvalue weighted by molar-refractivity contribution is 7.89. The number of aliphatic carboxylic acids is 1. The molecule has 4 rings (SSSR count). The maximum atomic E-state index is 13.4. The van der Waals surface area contributed by atoms with Crippen LogP contribution in [0.4, 0.5) is 0 Å². The number of hydrogen-bond donors (Lipinski definition) is 2. The van der Waals surface area contributed by atoms with E-state index in [0.717, 1.165) is 53.8 Å². The molecule has 31 heavy (non-hydrogen) atoms. The summed E-state index contributed by atoms with van der Waals surface area (Å²) in [6, 6.07) is 7.17. The summed E-state index contributed by atoms with van der Waals surface area (Å²) in [6.45, 7) is 3.53. The third-order valence-corrected chi connectivity index (χ3v) is 8.43. The van der Waals surface area contributed by atoms with Crippen LogP contribution in [0.5, 0.6) is 0 Å². The zero-order valence-corrected chi connectivity index (χ0v) is 18.7. The highest BCUT2D eigenvalue weighted by Gasteiger charge is 2.31. The molecule has 1 fully saturated rings. The van der Waals surface area contributed by atoms with E-state index in [1.807, 2.05) is 19.1 Å². The molecule has 8 heteroatoms. The van der Waals surface area contributed by atoms with Crippen molar-refractivity contribution in [3.05, 3.63) is 52.3 Å². The predicted octanol–water partition coefficient (Wildman–Crippen LogP) is 3.22. The number of H-pyrrole nitrogens is 1. The molecule has 0 amide bonds. The van der Waals surface area contributed by atoms with Crippen LogP contribution < -0.4 is 0 Å². The summed E-state index contributed by atoms with van der Waals surface area (Å²) in [7, 11) is -3.62. The Morgan fingerprint density at radius 1 is 1.23 bits per heavy atom. The maximum absolute atomic E-state index is 13.4. The third-order valence-electron chi connectivity index (χ3n) is 6.43. The molecular formula is C23H30N2O5S. The van der Waals surface area contributed by atoms with Gasteiger partial charge in [0.15, 0.2) is 0 Å². The SMILES string of the molecule is Cc1[nH]c2c(c1Cc1ccccc1S(=O)(=O)N1CCOCC1)C(CC(=O)O)CCCC2. The molecule has 0 bridgehead atoms. The van der Waals surface area contributed by atoms with Crippen LogP contribution in [0.3, 0.4) is 0 Å². The number of nitrogens with zero attached hydrogens (tertiary/aromatic N) is 1. The van der Waals surface area contributed by atoms with E-state index in [4.69, 9.17) is 4.74 Å². The van der Waals surface area contributed by atoms with Crippen molar-refractivity contribution in [1.82, 2.24) is 9.29 Å². The van der Waals surface area contributed by atoms with Crippen molar-refractivity contribution in [2.75, 3.05) is 26.3 Å². The number of aromatic amines is 1. The number of benzene rings is 1. The molecule has 1 aliphatic carbocycles. The van der Waals surface area contributed by atoms with Crippen molar-refractivity contribution >= 4 is 16.0 Å².